The number of nitrogens with two attached hydrogens (primary N) is 1. The maximum absolute atomic E-state index is 11.4. The number of nitrogen functional groups attached to an aromatic ring is 1. The fourth-order valence-corrected chi connectivity index (χ4v) is 1.55. The van der Waals surface area contributed by atoms with Crippen LogP contribution >= 0.6 is 11.6 Å². The first-order valence-electron chi connectivity index (χ1n) is 5.23. The summed E-state index contributed by atoms with van der Waals surface area (Å²) in [6.07, 6.45) is 0. The Hall–Kier alpha value is -1.42. The normalized spacial score (nSPS) is 9.06. The molecule has 0 heterocycles. The number of carbonyl (C=O) groups is 1. The number of carbonyl (C=O) groups excluding carboxylic acids is 1. The second-order valence-corrected chi connectivity index (χ2v) is 3.38. The van der Waals surface area contributed by atoms with E-state index in [9.17, 15) is 4.79 Å². The largest absolute Gasteiger partial charge is 0.495 e. The molecule has 1 aromatic carbocycles. The third-order valence-electron chi connectivity index (χ3n) is 2.13. The lowest BCUT2D eigenvalue weighted by Gasteiger charge is -2.13. The first kappa shape index (κ1) is 15.6. The molecule has 0 fully saturated rings. The van der Waals surface area contributed by atoms with Gasteiger partial charge < -0.3 is 15.2 Å². The zero-order valence-electron chi connectivity index (χ0n) is 10.8. The van der Waals surface area contributed by atoms with Crippen molar-refractivity contribution in [2.45, 2.75) is 20.8 Å². The molecule has 0 spiro atoms. The number of benzene rings is 1. The van der Waals surface area contributed by atoms with Crippen molar-refractivity contribution in [3.8, 4) is 5.75 Å². The first-order chi connectivity index (χ1) is 8.02. The van der Waals surface area contributed by atoms with E-state index >= 15 is 0 Å². The van der Waals surface area contributed by atoms with Crippen LogP contribution in [0, 0.1) is 6.92 Å². The minimum Gasteiger partial charge on any atom is -0.495 e. The molecule has 0 amide bonds. The van der Waals surface area contributed by atoms with E-state index in [-0.39, 0.29) is 5.56 Å². The number of hydrogen-bond acceptors (Lipinski definition) is 4. The molecular weight excluding hydrogens is 242 g/mol. The van der Waals surface area contributed by atoms with E-state index in [1.54, 1.807) is 6.92 Å². The van der Waals surface area contributed by atoms with Crippen molar-refractivity contribution in [1.29, 1.82) is 0 Å². The summed E-state index contributed by atoms with van der Waals surface area (Å²) < 4.78 is 9.71. The van der Waals surface area contributed by atoms with Gasteiger partial charge in [-0.3, -0.25) is 0 Å². The topological polar surface area (TPSA) is 61.5 Å². The van der Waals surface area contributed by atoms with Gasteiger partial charge in [0.1, 0.15) is 11.3 Å². The highest BCUT2D eigenvalue weighted by Crippen LogP contribution is 2.34. The summed E-state index contributed by atoms with van der Waals surface area (Å²) in [5.74, 6) is -0.111. The molecule has 0 unspecified atom stereocenters. The summed E-state index contributed by atoms with van der Waals surface area (Å²) in [5, 5.41) is 0.314. The molecule has 17 heavy (non-hydrogen) atoms. The Morgan fingerprint density at radius 1 is 1.35 bits per heavy atom. The lowest BCUT2D eigenvalue weighted by Crippen LogP contribution is -2.07. The molecule has 2 N–H and O–H groups in total. The quantitative estimate of drug-likeness (QED) is 0.655. The molecule has 0 radical (unpaired) electrons. The molecule has 0 atom stereocenters. The number of rotatable bonds is 2. The standard InChI is InChI=1S/C10H12ClNO3.C2H6/c1-5-8(12)7(11)4-6(9(5)14-2)10(13)15-3;1-2/h4H,12H2,1-3H3;1-2H3. The predicted octanol–water partition coefficient (Wildman–Crippen LogP) is 3.05. The van der Waals surface area contributed by atoms with Crippen molar-refractivity contribution in [2.75, 3.05) is 20.0 Å². The van der Waals surface area contributed by atoms with E-state index in [2.05, 4.69) is 4.74 Å². The van der Waals surface area contributed by atoms with Crippen molar-refractivity contribution in [2.24, 2.45) is 0 Å². The fraction of sp³-hybridized carbons (Fsp3) is 0.417. The number of halogens is 1. The smallest absolute Gasteiger partial charge is 0.341 e. The molecular formula is C12H18ClNO3. The first-order valence-corrected chi connectivity index (χ1v) is 5.61. The van der Waals surface area contributed by atoms with Crippen molar-refractivity contribution in [1.82, 2.24) is 0 Å². The van der Waals surface area contributed by atoms with Gasteiger partial charge >= 0.3 is 5.97 Å². The van der Waals surface area contributed by atoms with Gasteiger partial charge in [-0.15, -0.1) is 0 Å². The second kappa shape index (κ2) is 7.01. The van der Waals surface area contributed by atoms with Gasteiger partial charge in [-0.25, -0.2) is 4.79 Å². The third-order valence-corrected chi connectivity index (χ3v) is 2.44. The van der Waals surface area contributed by atoms with Gasteiger partial charge in [0, 0.05) is 5.56 Å². The summed E-state index contributed by atoms with van der Waals surface area (Å²) in [7, 11) is 2.75. The summed E-state index contributed by atoms with van der Waals surface area (Å²) in [6, 6.07) is 1.44. The van der Waals surface area contributed by atoms with Crippen molar-refractivity contribution in [3.63, 3.8) is 0 Å². The van der Waals surface area contributed by atoms with E-state index in [0.29, 0.717) is 22.0 Å². The van der Waals surface area contributed by atoms with Crippen molar-refractivity contribution < 1.29 is 14.3 Å². The molecule has 5 heteroatoms. The summed E-state index contributed by atoms with van der Waals surface area (Å²) in [6.45, 7) is 5.73. The van der Waals surface area contributed by atoms with Crippen LogP contribution in [0.2, 0.25) is 5.02 Å². The van der Waals surface area contributed by atoms with Gasteiger partial charge in [-0.1, -0.05) is 25.4 Å². The Balaban J connectivity index is 0.00000121. The highest BCUT2D eigenvalue weighted by atomic mass is 35.5. The minimum absolute atomic E-state index is 0.275. The Labute approximate surface area is 107 Å². The zero-order valence-corrected chi connectivity index (χ0v) is 11.5. The molecule has 0 aliphatic heterocycles. The molecule has 1 aromatic rings. The van der Waals surface area contributed by atoms with Crippen LogP contribution in [0.15, 0.2) is 6.07 Å². The number of hydrogen-bond donors (Lipinski definition) is 1. The maximum Gasteiger partial charge on any atom is 0.341 e. The number of anilines is 1. The van der Waals surface area contributed by atoms with Crippen LogP contribution in [0.4, 0.5) is 5.69 Å². The van der Waals surface area contributed by atoms with Crippen molar-refractivity contribution in [3.05, 3.63) is 22.2 Å². The Morgan fingerprint density at radius 2 is 1.88 bits per heavy atom. The summed E-state index contributed by atoms with van der Waals surface area (Å²) >= 11 is 5.86. The van der Waals surface area contributed by atoms with Crippen LogP contribution in [-0.2, 0) is 4.74 Å². The van der Waals surface area contributed by atoms with Crippen LogP contribution in [-0.4, -0.2) is 20.2 Å². The van der Waals surface area contributed by atoms with Crippen LogP contribution < -0.4 is 10.5 Å². The highest BCUT2D eigenvalue weighted by molar-refractivity contribution is 6.33. The predicted molar refractivity (Wildman–Crippen MR) is 69.8 cm³/mol. The van der Waals surface area contributed by atoms with Crippen LogP contribution in [0.25, 0.3) is 0 Å². The molecule has 4 nitrogen and oxygen atoms in total. The molecule has 0 aliphatic carbocycles. The molecule has 1 rings (SSSR count). The van der Waals surface area contributed by atoms with Crippen LogP contribution in [0.5, 0.6) is 5.75 Å². The van der Waals surface area contributed by atoms with E-state index in [4.69, 9.17) is 22.1 Å². The summed E-state index contributed by atoms with van der Waals surface area (Å²) in [5.41, 5.74) is 7.01. The number of esters is 1. The van der Waals surface area contributed by atoms with Gasteiger partial charge in [-0.05, 0) is 13.0 Å². The fourth-order valence-electron chi connectivity index (χ4n) is 1.30. The molecule has 0 saturated carbocycles. The van der Waals surface area contributed by atoms with Gasteiger partial charge in [0.2, 0.25) is 0 Å². The Kier molecular flexibility index (Phi) is 6.43. The lowest BCUT2D eigenvalue weighted by atomic mass is 10.1. The second-order valence-electron chi connectivity index (χ2n) is 2.97. The van der Waals surface area contributed by atoms with Crippen LogP contribution in [0.1, 0.15) is 29.8 Å². The zero-order chi connectivity index (χ0) is 13.6. The average Bonchev–Trinajstić information content (AvgIpc) is 2.37. The number of methoxy groups -OCH3 is 2. The SMILES string of the molecule is CC.COC(=O)c1cc(Cl)c(N)c(C)c1OC. The highest BCUT2D eigenvalue weighted by Gasteiger charge is 2.18. The average molecular weight is 260 g/mol. The van der Waals surface area contributed by atoms with E-state index in [1.807, 2.05) is 13.8 Å². The number of ether oxygens (including phenoxy) is 2. The molecule has 0 aliphatic rings. The van der Waals surface area contributed by atoms with Gasteiger partial charge in [-0.2, -0.15) is 0 Å². The molecule has 0 bridgehead atoms. The van der Waals surface area contributed by atoms with Gasteiger partial charge in [0.05, 0.1) is 24.9 Å². The molecule has 0 aromatic heterocycles. The Morgan fingerprint density at radius 3 is 2.29 bits per heavy atom. The molecule has 96 valence electrons. The Bertz CT molecular complexity index is 405. The monoisotopic (exact) mass is 259 g/mol. The van der Waals surface area contributed by atoms with Crippen molar-refractivity contribution >= 4 is 23.3 Å². The molecule has 0 saturated heterocycles. The maximum atomic E-state index is 11.4. The third kappa shape index (κ3) is 3.27. The van der Waals surface area contributed by atoms with Crippen LogP contribution in [0.3, 0.4) is 0 Å². The van der Waals surface area contributed by atoms with E-state index in [1.165, 1.54) is 20.3 Å². The minimum atomic E-state index is -0.503. The van der Waals surface area contributed by atoms with Gasteiger partial charge in [0.25, 0.3) is 0 Å². The van der Waals surface area contributed by atoms with E-state index < -0.39 is 5.97 Å². The van der Waals surface area contributed by atoms with Gasteiger partial charge in [0.15, 0.2) is 0 Å². The lowest BCUT2D eigenvalue weighted by molar-refractivity contribution is 0.0597. The summed E-state index contributed by atoms with van der Waals surface area (Å²) in [4.78, 5) is 11.4. The van der Waals surface area contributed by atoms with E-state index in [0.717, 1.165) is 0 Å².